The van der Waals surface area contributed by atoms with Gasteiger partial charge in [-0.2, -0.15) is 0 Å². The number of methoxy groups -OCH3 is 2. The minimum atomic E-state index is -0.165. The molecule has 2 heterocycles. The highest BCUT2D eigenvalue weighted by atomic mass is 16.5. The molecule has 3 atom stereocenters. The van der Waals surface area contributed by atoms with E-state index in [1.165, 1.54) is 4.90 Å². The fourth-order valence-electron chi connectivity index (χ4n) is 5.29. The van der Waals surface area contributed by atoms with Crippen LogP contribution >= 0.6 is 0 Å². The van der Waals surface area contributed by atoms with E-state index in [4.69, 9.17) is 9.47 Å². The van der Waals surface area contributed by atoms with Crippen LogP contribution in [0.4, 0.5) is 0 Å². The minimum absolute atomic E-state index is 0.0298. The number of carbonyl (C=O) groups is 3. The molecule has 0 bridgehead atoms. The summed E-state index contributed by atoms with van der Waals surface area (Å²) in [5.74, 6) is 0.937. The van der Waals surface area contributed by atoms with Gasteiger partial charge in [-0.25, -0.2) is 0 Å². The van der Waals surface area contributed by atoms with Crippen LogP contribution in [0.25, 0.3) is 0 Å². The summed E-state index contributed by atoms with van der Waals surface area (Å²) in [6.07, 6.45) is 5.52. The summed E-state index contributed by atoms with van der Waals surface area (Å²) >= 11 is 0. The van der Waals surface area contributed by atoms with Crippen LogP contribution in [0.1, 0.15) is 56.6 Å². The Hall–Kier alpha value is -2.57. The third-order valence-corrected chi connectivity index (χ3v) is 6.85. The van der Waals surface area contributed by atoms with E-state index >= 15 is 0 Å². The van der Waals surface area contributed by atoms with Crippen molar-refractivity contribution in [3.63, 3.8) is 0 Å². The maximum Gasteiger partial charge on any atom is 0.233 e. The van der Waals surface area contributed by atoms with Gasteiger partial charge in [0.2, 0.25) is 17.7 Å². The van der Waals surface area contributed by atoms with Crippen LogP contribution in [-0.2, 0) is 14.4 Å². The van der Waals surface area contributed by atoms with E-state index in [-0.39, 0.29) is 48.6 Å². The Morgan fingerprint density at radius 1 is 1.00 bits per heavy atom. The number of ether oxygens (including phenoxy) is 2. The van der Waals surface area contributed by atoms with E-state index in [1.807, 2.05) is 23.1 Å². The predicted octanol–water partition coefficient (Wildman–Crippen LogP) is 2.93. The van der Waals surface area contributed by atoms with Crippen molar-refractivity contribution in [2.75, 3.05) is 27.3 Å². The smallest absolute Gasteiger partial charge is 0.233 e. The molecule has 2 saturated heterocycles. The van der Waals surface area contributed by atoms with Gasteiger partial charge in [0.25, 0.3) is 0 Å². The molecule has 0 aromatic heterocycles. The number of nitrogens with zero attached hydrogens (tertiary/aromatic N) is 2. The average molecular weight is 415 g/mol. The molecule has 1 saturated carbocycles. The summed E-state index contributed by atoms with van der Waals surface area (Å²) in [4.78, 5) is 41.6. The summed E-state index contributed by atoms with van der Waals surface area (Å²) in [6.45, 7) is 0.846. The second kappa shape index (κ2) is 8.66. The van der Waals surface area contributed by atoms with Gasteiger partial charge in [0.15, 0.2) is 0 Å². The third kappa shape index (κ3) is 3.66. The summed E-state index contributed by atoms with van der Waals surface area (Å²) < 4.78 is 10.9. The first-order valence-electron chi connectivity index (χ1n) is 10.9. The van der Waals surface area contributed by atoms with E-state index in [2.05, 4.69) is 0 Å². The molecule has 30 heavy (non-hydrogen) atoms. The van der Waals surface area contributed by atoms with Gasteiger partial charge in [-0.3, -0.25) is 19.3 Å². The zero-order valence-electron chi connectivity index (χ0n) is 17.8. The fourth-order valence-corrected chi connectivity index (χ4v) is 5.29. The molecule has 162 valence electrons. The number of rotatable bonds is 6. The van der Waals surface area contributed by atoms with Crippen LogP contribution in [0.15, 0.2) is 18.2 Å². The standard InChI is InChI=1S/C23H30N2O5/c1-29-15-9-10-20(30-2)18(14-15)19-8-5-12-24(19)21(26)11-13-25-22(27)16-6-3-4-7-17(16)23(25)28/h9-10,14,16-17,19H,3-8,11-13H2,1-2H3/t16-,17-,19-/m0/s1. The maximum atomic E-state index is 13.1. The molecule has 0 spiro atoms. The SMILES string of the molecule is COc1ccc(OC)c([C@@H]2CCCN2C(=O)CCN2C(=O)[C@H]3CCCC[C@@H]3C2=O)c1. The Kier molecular flexibility index (Phi) is 5.97. The van der Waals surface area contributed by atoms with Crippen LogP contribution in [-0.4, -0.2) is 54.8 Å². The number of amides is 3. The molecule has 2 aliphatic heterocycles. The number of carbonyl (C=O) groups excluding carboxylic acids is 3. The zero-order valence-corrected chi connectivity index (χ0v) is 17.8. The van der Waals surface area contributed by atoms with Crippen LogP contribution in [0, 0.1) is 11.8 Å². The molecule has 7 nitrogen and oxygen atoms in total. The number of hydrogen-bond acceptors (Lipinski definition) is 5. The number of likely N-dealkylation sites (tertiary alicyclic amines) is 2. The molecule has 3 fully saturated rings. The molecule has 1 aromatic rings. The molecular formula is C23H30N2O5. The second-order valence-corrected chi connectivity index (χ2v) is 8.43. The van der Waals surface area contributed by atoms with Crippen molar-refractivity contribution in [1.82, 2.24) is 9.80 Å². The van der Waals surface area contributed by atoms with E-state index in [0.717, 1.165) is 55.6 Å². The number of hydrogen-bond donors (Lipinski definition) is 0. The molecule has 3 amide bonds. The monoisotopic (exact) mass is 414 g/mol. The topological polar surface area (TPSA) is 76.2 Å². The van der Waals surface area contributed by atoms with Gasteiger partial charge in [-0.15, -0.1) is 0 Å². The predicted molar refractivity (Wildman–Crippen MR) is 110 cm³/mol. The quantitative estimate of drug-likeness (QED) is 0.669. The molecule has 1 aliphatic carbocycles. The van der Waals surface area contributed by atoms with Crippen molar-refractivity contribution in [2.45, 2.75) is 51.0 Å². The maximum absolute atomic E-state index is 13.1. The average Bonchev–Trinajstić information content (AvgIpc) is 3.36. The van der Waals surface area contributed by atoms with E-state index in [9.17, 15) is 14.4 Å². The first-order chi connectivity index (χ1) is 14.5. The molecule has 0 unspecified atom stereocenters. The first kappa shape index (κ1) is 20.7. The molecule has 0 N–H and O–H groups in total. The number of benzene rings is 1. The van der Waals surface area contributed by atoms with E-state index in [0.29, 0.717) is 6.54 Å². The first-order valence-corrected chi connectivity index (χ1v) is 10.9. The van der Waals surface area contributed by atoms with Crippen LogP contribution < -0.4 is 9.47 Å². The van der Waals surface area contributed by atoms with Crippen LogP contribution in [0.2, 0.25) is 0 Å². The summed E-state index contributed by atoms with van der Waals surface area (Å²) in [7, 11) is 3.24. The van der Waals surface area contributed by atoms with Crippen LogP contribution in [0.3, 0.4) is 0 Å². The van der Waals surface area contributed by atoms with Gasteiger partial charge < -0.3 is 14.4 Å². The van der Waals surface area contributed by atoms with Gasteiger partial charge in [0.1, 0.15) is 11.5 Å². The third-order valence-electron chi connectivity index (χ3n) is 6.85. The lowest BCUT2D eigenvalue weighted by atomic mass is 9.81. The highest BCUT2D eigenvalue weighted by Gasteiger charge is 2.48. The van der Waals surface area contributed by atoms with Crippen molar-refractivity contribution in [2.24, 2.45) is 11.8 Å². The summed E-state index contributed by atoms with van der Waals surface area (Å²) in [5, 5.41) is 0. The van der Waals surface area contributed by atoms with E-state index in [1.54, 1.807) is 14.2 Å². The van der Waals surface area contributed by atoms with Crippen molar-refractivity contribution < 1.29 is 23.9 Å². The Morgan fingerprint density at radius 3 is 2.33 bits per heavy atom. The number of fused-ring (bicyclic) bond motifs is 1. The van der Waals surface area contributed by atoms with Crippen molar-refractivity contribution >= 4 is 17.7 Å². The molecular weight excluding hydrogens is 384 g/mol. The van der Waals surface area contributed by atoms with E-state index < -0.39 is 0 Å². The summed E-state index contributed by atoms with van der Waals surface area (Å²) in [5.41, 5.74) is 0.932. The molecule has 1 aromatic carbocycles. The van der Waals surface area contributed by atoms with Crippen molar-refractivity contribution in [3.05, 3.63) is 23.8 Å². The molecule has 7 heteroatoms. The lowest BCUT2D eigenvalue weighted by Crippen LogP contribution is -2.37. The largest absolute Gasteiger partial charge is 0.497 e. The van der Waals surface area contributed by atoms with Gasteiger partial charge in [-0.1, -0.05) is 12.8 Å². The van der Waals surface area contributed by atoms with Gasteiger partial charge >= 0.3 is 0 Å². The van der Waals surface area contributed by atoms with Gasteiger partial charge in [-0.05, 0) is 43.9 Å². The second-order valence-electron chi connectivity index (χ2n) is 8.43. The summed E-state index contributed by atoms with van der Waals surface area (Å²) in [6, 6.07) is 5.54. The van der Waals surface area contributed by atoms with Gasteiger partial charge in [0, 0.05) is 25.1 Å². The molecule has 3 aliphatic rings. The van der Waals surface area contributed by atoms with Crippen molar-refractivity contribution in [3.8, 4) is 11.5 Å². The Labute approximate surface area is 177 Å². The lowest BCUT2D eigenvalue weighted by Gasteiger charge is -2.27. The Morgan fingerprint density at radius 2 is 1.70 bits per heavy atom. The Balaban J connectivity index is 1.45. The fraction of sp³-hybridized carbons (Fsp3) is 0.609. The van der Waals surface area contributed by atoms with Crippen LogP contribution in [0.5, 0.6) is 11.5 Å². The normalized spacial score (nSPS) is 26.1. The number of imide groups is 1. The van der Waals surface area contributed by atoms with Gasteiger partial charge in [0.05, 0.1) is 32.1 Å². The Bertz CT molecular complexity index is 815. The van der Waals surface area contributed by atoms with Crippen molar-refractivity contribution in [1.29, 1.82) is 0 Å². The molecule has 0 radical (unpaired) electrons. The molecule has 4 rings (SSSR count). The highest BCUT2D eigenvalue weighted by molar-refractivity contribution is 6.05. The lowest BCUT2D eigenvalue weighted by molar-refractivity contribution is -0.141. The minimum Gasteiger partial charge on any atom is -0.497 e. The zero-order chi connectivity index (χ0) is 21.3. The highest BCUT2D eigenvalue weighted by Crippen LogP contribution is 2.40.